The Hall–Kier alpha value is -0.640. The highest BCUT2D eigenvalue weighted by atomic mass is 35.5. The van der Waals surface area contributed by atoms with Gasteiger partial charge in [-0.3, -0.25) is 0 Å². The van der Waals surface area contributed by atoms with Crippen LogP contribution >= 0.6 is 11.6 Å². The molecule has 2 nitrogen and oxygen atoms in total. The van der Waals surface area contributed by atoms with E-state index in [9.17, 15) is 4.39 Å². The number of hydrogen-bond acceptors (Lipinski definition) is 2. The van der Waals surface area contributed by atoms with Crippen molar-refractivity contribution in [3.63, 3.8) is 0 Å². The number of halogens is 2. The van der Waals surface area contributed by atoms with Crippen molar-refractivity contribution in [2.75, 3.05) is 27.2 Å². The highest BCUT2D eigenvalue weighted by Gasteiger charge is 2.14. The molecule has 1 rings (SSSR count). The number of rotatable bonds is 8. The predicted octanol–water partition coefficient (Wildman–Crippen LogP) is 3.34. The lowest BCUT2D eigenvalue weighted by atomic mass is 10.0. The van der Waals surface area contributed by atoms with Crippen LogP contribution in [0.25, 0.3) is 0 Å². The van der Waals surface area contributed by atoms with Crippen LogP contribution < -0.4 is 5.32 Å². The minimum Gasteiger partial charge on any atom is -0.314 e. The fourth-order valence-electron chi connectivity index (χ4n) is 2.01. The first-order chi connectivity index (χ1) is 9.04. The van der Waals surface area contributed by atoms with Gasteiger partial charge in [0, 0.05) is 16.6 Å². The average Bonchev–Trinajstić information content (AvgIpc) is 2.36. The van der Waals surface area contributed by atoms with Gasteiger partial charge in [-0.2, -0.15) is 0 Å². The molecule has 0 bridgehead atoms. The van der Waals surface area contributed by atoms with Gasteiger partial charge in [0.25, 0.3) is 0 Å². The van der Waals surface area contributed by atoms with Gasteiger partial charge >= 0.3 is 0 Å². The molecule has 1 atom stereocenters. The fraction of sp³-hybridized carbons (Fsp3) is 0.600. The zero-order chi connectivity index (χ0) is 14.3. The van der Waals surface area contributed by atoms with Crippen molar-refractivity contribution in [1.82, 2.24) is 10.2 Å². The van der Waals surface area contributed by atoms with Crippen LogP contribution in [0.2, 0.25) is 5.02 Å². The quantitative estimate of drug-likeness (QED) is 0.788. The highest BCUT2D eigenvalue weighted by Crippen LogP contribution is 2.21. The SMILES string of the molecule is CCCNC(CCN(C)C)Cc1c(F)cccc1Cl. The maximum atomic E-state index is 13.8. The van der Waals surface area contributed by atoms with Gasteiger partial charge in [-0.1, -0.05) is 24.6 Å². The smallest absolute Gasteiger partial charge is 0.127 e. The number of benzene rings is 1. The minimum absolute atomic E-state index is 0.208. The molecule has 4 heteroatoms. The van der Waals surface area contributed by atoms with Crippen LogP contribution in [-0.4, -0.2) is 38.1 Å². The number of nitrogens with zero attached hydrogens (tertiary/aromatic N) is 1. The molecule has 19 heavy (non-hydrogen) atoms. The van der Waals surface area contributed by atoms with Gasteiger partial charge in [0.05, 0.1) is 0 Å². The van der Waals surface area contributed by atoms with Crippen LogP contribution in [0.3, 0.4) is 0 Å². The maximum Gasteiger partial charge on any atom is 0.127 e. The lowest BCUT2D eigenvalue weighted by Crippen LogP contribution is -2.35. The molecular weight excluding hydrogens is 263 g/mol. The molecule has 0 aliphatic carbocycles. The second kappa shape index (κ2) is 8.51. The Balaban J connectivity index is 2.69. The second-order valence-electron chi connectivity index (χ2n) is 5.15. The Kier molecular flexibility index (Phi) is 7.36. The lowest BCUT2D eigenvalue weighted by Gasteiger charge is -2.21. The Bertz CT molecular complexity index is 362. The van der Waals surface area contributed by atoms with Crippen molar-refractivity contribution >= 4 is 11.6 Å². The van der Waals surface area contributed by atoms with E-state index in [0.29, 0.717) is 17.0 Å². The Morgan fingerprint density at radius 2 is 2.11 bits per heavy atom. The molecule has 0 spiro atoms. The van der Waals surface area contributed by atoms with Gasteiger partial charge in [-0.15, -0.1) is 0 Å². The molecule has 1 unspecified atom stereocenters. The molecule has 1 aromatic rings. The molecule has 0 saturated carbocycles. The van der Waals surface area contributed by atoms with Crippen molar-refractivity contribution in [2.45, 2.75) is 32.2 Å². The van der Waals surface area contributed by atoms with Crippen molar-refractivity contribution in [1.29, 1.82) is 0 Å². The average molecular weight is 287 g/mol. The molecule has 0 aliphatic rings. The first kappa shape index (κ1) is 16.4. The molecular formula is C15H24ClFN2. The van der Waals surface area contributed by atoms with Crippen molar-refractivity contribution in [3.05, 3.63) is 34.6 Å². The van der Waals surface area contributed by atoms with Crippen molar-refractivity contribution in [3.8, 4) is 0 Å². The molecule has 0 aromatic heterocycles. The van der Waals surface area contributed by atoms with E-state index >= 15 is 0 Å². The summed E-state index contributed by atoms with van der Waals surface area (Å²) in [7, 11) is 4.10. The third-order valence-corrected chi connectivity index (χ3v) is 3.47. The molecule has 0 amide bonds. The third-order valence-electron chi connectivity index (χ3n) is 3.12. The van der Waals surface area contributed by atoms with E-state index in [1.165, 1.54) is 6.07 Å². The summed E-state index contributed by atoms with van der Waals surface area (Å²) in [6, 6.07) is 5.14. The van der Waals surface area contributed by atoms with Crippen LogP contribution in [-0.2, 0) is 6.42 Å². The van der Waals surface area contributed by atoms with E-state index in [-0.39, 0.29) is 11.9 Å². The molecule has 0 fully saturated rings. The topological polar surface area (TPSA) is 15.3 Å². The van der Waals surface area contributed by atoms with E-state index in [4.69, 9.17) is 11.6 Å². The summed E-state index contributed by atoms with van der Waals surface area (Å²) in [6.07, 6.45) is 2.69. The first-order valence-electron chi connectivity index (χ1n) is 6.85. The Morgan fingerprint density at radius 3 is 2.68 bits per heavy atom. The van der Waals surface area contributed by atoms with Crippen LogP contribution in [0, 0.1) is 5.82 Å². The summed E-state index contributed by atoms with van der Waals surface area (Å²) in [5.41, 5.74) is 0.622. The monoisotopic (exact) mass is 286 g/mol. The van der Waals surface area contributed by atoms with Crippen LogP contribution in [0.1, 0.15) is 25.3 Å². The Morgan fingerprint density at radius 1 is 1.37 bits per heavy atom. The van der Waals surface area contributed by atoms with Gasteiger partial charge < -0.3 is 10.2 Å². The minimum atomic E-state index is -0.208. The number of nitrogens with one attached hydrogen (secondary N) is 1. The van der Waals surface area contributed by atoms with Gasteiger partial charge in [-0.05, 0) is 58.6 Å². The van der Waals surface area contributed by atoms with Crippen LogP contribution in [0.5, 0.6) is 0 Å². The highest BCUT2D eigenvalue weighted by molar-refractivity contribution is 6.31. The van der Waals surface area contributed by atoms with Gasteiger partial charge in [0.2, 0.25) is 0 Å². The summed E-state index contributed by atoms with van der Waals surface area (Å²) in [6.45, 7) is 4.06. The number of hydrogen-bond donors (Lipinski definition) is 1. The third kappa shape index (κ3) is 5.89. The summed E-state index contributed by atoms with van der Waals surface area (Å²) >= 11 is 6.09. The predicted molar refractivity (Wildman–Crippen MR) is 80.4 cm³/mol. The molecule has 1 aromatic carbocycles. The van der Waals surface area contributed by atoms with Crippen LogP contribution in [0.4, 0.5) is 4.39 Å². The Labute approximate surface area is 120 Å². The molecule has 0 aliphatic heterocycles. The van der Waals surface area contributed by atoms with E-state index < -0.39 is 0 Å². The largest absolute Gasteiger partial charge is 0.314 e. The van der Waals surface area contributed by atoms with E-state index in [1.807, 2.05) is 14.1 Å². The second-order valence-corrected chi connectivity index (χ2v) is 5.55. The van der Waals surface area contributed by atoms with Gasteiger partial charge in [0.1, 0.15) is 5.82 Å². The van der Waals surface area contributed by atoms with E-state index in [1.54, 1.807) is 12.1 Å². The van der Waals surface area contributed by atoms with E-state index in [2.05, 4.69) is 17.1 Å². The van der Waals surface area contributed by atoms with Gasteiger partial charge in [0.15, 0.2) is 0 Å². The van der Waals surface area contributed by atoms with Crippen LogP contribution in [0.15, 0.2) is 18.2 Å². The maximum absolute atomic E-state index is 13.8. The summed E-state index contributed by atoms with van der Waals surface area (Å²) in [5, 5.41) is 4.00. The summed E-state index contributed by atoms with van der Waals surface area (Å²) < 4.78 is 13.8. The van der Waals surface area contributed by atoms with E-state index in [0.717, 1.165) is 25.9 Å². The standard InChI is InChI=1S/C15H24ClFN2/c1-4-9-18-12(8-10-19(2)3)11-13-14(16)6-5-7-15(13)17/h5-7,12,18H,4,8-11H2,1-3H3. The summed E-state index contributed by atoms with van der Waals surface area (Å²) in [4.78, 5) is 2.14. The molecule has 1 N–H and O–H groups in total. The first-order valence-corrected chi connectivity index (χ1v) is 7.23. The molecule has 108 valence electrons. The lowest BCUT2D eigenvalue weighted by molar-refractivity contribution is 0.355. The van der Waals surface area contributed by atoms with Crippen molar-refractivity contribution < 1.29 is 4.39 Å². The molecule has 0 saturated heterocycles. The molecule has 0 radical (unpaired) electrons. The zero-order valence-corrected chi connectivity index (χ0v) is 12.8. The summed E-state index contributed by atoms with van der Waals surface area (Å²) in [5.74, 6) is -0.208. The van der Waals surface area contributed by atoms with Crippen molar-refractivity contribution in [2.24, 2.45) is 0 Å². The fourth-order valence-corrected chi connectivity index (χ4v) is 2.25. The zero-order valence-electron chi connectivity index (χ0n) is 12.0. The normalized spacial score (nSPS) is 12.9. The van der Waals surface area contributed by atoms with Gasteiger partial charge in [-0.25, -0.2) is 4.39 Å². The molecule has 0 heterocycles.